The molecule has 3 aromatic rings. The fourth-order valence-electron chi connectivity index (χ4n) is 5.59. The van der Waals surface area contributed by atoms with Gasteiger partial charge in [-0.1, -0.05) is 18.7 Å². The van der Waals surface area contributed by atoms with Crippen LogP contribution in [0.2, 0.25) is 0 Å². The summed E-state index contributed by atoms with van der Waals surface area (Å²) >= 11 is 0.981. The van der Waals surface area contributed by atoms with E-state index in [1.54, 1.807) is 24.5 Å². The number of carbonyl (C=O) groups excluding carboxylic acids is 1. The lowest BCUT2D eigenvalue weighted by Gasteiger charge is -2.31. The third kappa shape index (κ3) is 2.35. The number of pyridine rings is 2. The van der Waals surface area contributed by atoms with Gasteiger partial charge in [-0.15, -0.1) is 0 Å². The van der Waals surface area contributed by atoms with Crippen molar-refractivity contribution in [3.8, 4) is 11.4 Å². The Morgan fingerprint density at radius 1 is 1.31 bits per heavy atom. The summed E-state index contributed by atoms with van der Waals surface area (Å²) in [6, 6.07) is 2.95. The van der Waals surface area contributed by atoms with Gasteiger partial charge in [-0.2, -0.15) is 0 Å². The second kappa shape index (κ2) is 6.50. The van der Waals surface area contributed by atoms with Crippen LogP contribution in [0.15, 0.2) is 16.9 Å². The van der Waals surface area contributed by atoms with E-state index in [2.05, 4.69) is 0 Å². The largest absolute Gasteiger partial charge is 0.376 e. The summed E-state index contributed by atoms with van der Waals surface area (Å²) in [6.07, 6.45) is 1.57. The van der Waals surface area contributed by atoms with Gasteiger partial charge in [0.15, 0.2) is 5.60 Å². The molecule has 0 bridgehead atoms. The van der Waals surface area contributed by atoms with Crippen LogP contribution in [0.1, 0.15) is 59.2 Å². The first-order chi connectivity index (χ1) is 15.3. The standard InChI is InChI=1S/C24H22FN3O3S/c1-3-24(31)14-6-18-21-12(8-28(18)22(29)13(14)9-32-23(24)30)19-16(26)5-4-11-10(2)15(25)7-17(27-21)20(11)19/h6-7,16,31H,3-5,8-9,26H2,1-2H3/t16-,24-/m0/s1. The number of aliphatic hydroxyl groups is 1. The topological polar surface area (TPSA) is 98.2 Å². The molecule has 2 aliphatic heterocycles. The Labute approximate surface area is 187 Å². The first kappa shape index (κ1) is 20.1. The summed E-state index contributed by atoms with van der Waals surface area (Å²) in [5, 5.41) is 11.7. The molecule has 0 saturated heterocycles. The van der Waals surface area contributed by atoms with Gasteiger partial charge in [0.2, 0.25) is 5.12 Å². The molecule has 32 heavy (non-hydrogen) atoms. The van der Waals surface area contributed by atoms with Crippen molar-refractivity contribution in [3.05, 3.63) is 61.7 Å². The smallest absolute Gasteiger partial charge is 0.255 e. The van der Waals surface area contributed by atoms with Crippen LogP contribution in [-0.4, -0.2) is 19.8 Å². The van der Waals surface area contributed by atoms with E-state index in [1.807, 2.05) is 0 Å². The summed E-state index contributed by atoms with van der Waals surface area (Å²) in [7, 11) is 0. The maximum atomic E-state index is 14.7. The van der Waals surface area contributed by atoms with Crippen molar-refractivity contribution in [2.75, 3.05) is 0 Å². The lowest BCUT2D eigenvalue weighted by Crippen LogP contribution is -2.40. The Balaban J connectivity index is 1.70. The molecule has 1 aliphatic carbocycles. The SMILES string of the molecule is CC[C@@]1(O)C(=O)SCc2c1cc1n(c2=O)Cc2c-1nc1cc(F)c(C)c3c1c2[C@@H](N)CC3. The van der Waals surface area contributed by atoms with Gasteiger partial charge < -0.3 is 15.4 Å². The van der Waals surface area contributed by atoms with Crippen molar-refractivity contribution < 1.29 is 14.3 Å². The number of hydrogen-bond acceptors (Lipinski definition) is 6. The van der Waals surface area contributed by atoms with E-state index < -0.39 is 5.60 Å². The van der Waals surface area contributed by atoms with Gasteiger partial charge >= 0.3 is 0 Å². The lowest BCUT2D eigenvalue weighted by molar-refractivity contribution is -0.129. The van der Waals surface area contributed by atoms with Gasteiger partial charge in [-0.3, -0.25) is 9.59 Å². The van der Waals surface area contributed by atoms with Gasteiger partial charge in [0.25, 0.3) is 5.56 Å². The first-order valence-electron chi connectivity index (χ1n) is 10.8. The first-order valence-corrected chi connectivity index (χ1v) is 11.8. The number of carbonyl (C=O) groups is 1. The van der Waals surface area contributed by atoms with Crippen LogP contribution in [-0.2, 0) is 29.1 Å². The zero-order valence-corrected chi connectivity index (χ0v) is 18.6. The zero-order chi connectivity index (χ0) is 22.5. The molecule has 1 aromatic carbocycles. The Morgan fingerprint density at radius 2 is 2.09 bits per heavy atom. The minimum absolute atomic E-state index is 0.177. The number of rotatable bonds is 1. The molecule has 0 fully saturated rings. The highest BCUT2D eigenvalue weighted by Gasteiger charge is 2.44. The quantitative estimate of drug-likeness (QED) is 0.461. The van der Waals surface area contributed by atoms with Crippen molar-refractivity contribution in [2.24, 2.45) is 5.73 Å². The third-order valence-electron chi connectivity index (χ3n) is 7.42. The fourth-order valence-corrected chi connectivity index (χ4v) is 6.64. The van der Waals surface area contributed by atoms with E-state index in [0.29, 0.717) is 53.0 Å². The van der Waals surface area contributed by atoms with E-state index in [1.165, 1.54) is 6.07 Å². The molecule has 3 aliphatic rings. The Kier molecular flexibility index (Phi) is 4.08. The van der Waals surface area contributed by atoms with Crippen LogP contribution in [0.25, 0.3) is 22.3 Å². The molecule has 6 rings (SSSR count). The monoisotopic (exact) mass is 451 g/mol. The van der Waals surface area contributed by atoms with Gasteiger partial charge in [0, 0.05) is 39.9 Å². The number of hydrogen-bond donors (Lipinski definition) is 2. The highest BCUT2D eigenvalue weighted by molar-refractivity contribution is 8.13. The van der Waals surface area contributed by atoms with Crippen LogP contribution >= 0.6 is 11.8 Å². The molecule has 0 amide bonds. The molecule has 0 radical (unpaired) electrons. The molecule has 6 nitrogen and oxygen atoms in total. The van der Waals surface area contributed by atoms with Crippen LogP contribution in [0.4, 0.5) is 4.39 Å². The maximum absolute atomic E-state index is 14.7. The third-order valence-corrected chi connectivity index (χ3v) is 8.46. The summed E-state index contributed by atoms with van der Waals surface area (Å²) in [6.45, 7) is 3.85. The summed E-state index contributed by atoms with van der Waals surface area (Å²) in [5.74, 6) is -0.0624. The molecule has 2 aromatic heterocycles. The molecule has 0 spiro atoms. The summed E-state index contributed by atoms with van der Waals surface area (Å²) in [4.78, 5) is 30.8. The highest BCUT2D eigenvalue weighted by atomic mass is 32.2. The Morgan fingerprint density at radius 3 is 2.84 bits per heavy atom. The number of aryl methyl sites for hydroxylation is 1. The molecular formula is C24H22FN3O3S. The Bertz CT molecular complexity index is 1450. The van der Waals surface area contributed by atoms with E-state index in [0.717, 1.165) is 33.8 Å². The van der Waals surface area contributed by atoms with Crippen molar-refractivity contribution in [1.82, 2.24) is 9.55 Å². The molecule has 164 valence electrons. The van der Waals surface area contributed by atoms with Gasteiger partial charge in [0.1, 0.15) is 5.82 Å². The lowest BCUT2D eigenvalue weighted by atomic mass is 9.82. The van der Waals surface area contributed by atoms with Crippen molar-refractivity contribution in [3.63, 3.8) is 0 Å². The number of fused-ring (bicyclic) bond motifs is 5. The number of benzene rings is 1. The molecule has 4 heterocycles. The van der Waals surface area contributed by atoms with Gasteiger partial charge in [0.05, 0.1) is 23.4 Å². The molecule has 2 atom stereocenters. The van der Waals surface area contributed by atoms with Crippen LogP contribution in [0, 0.1) is 12.7 Å². The number of thioether (sulfide) groups is 1. The Hall–Kier alpha value is -2.55. The minimum atomic E-state index is -1.70. The highest BCUT2D eigenvalue weighted by Crippen LogP contribution is 2.46. The molecule has 0 saturated carbocycles. The maximum Gasteiger partial charge on any atom is 0.255 e. The number of nitrogens with zero attached hydrogens (tertiary/aromatic N) is 2. The van der Waals surface area contributed by atoms with Crippen molar-refractivity contribution >= 4 is 27.8 Å². The van der Waals surface area contributed by atoms with Crippen LogP contribution in [0.5, 0.6) is 0 Å². The van der Waals surface area contributed by atoms with Crippen LogP contribution in [0.3, 0.4) is 0 Å². The normalized spacial score (nSPS) is 23.3. The molecule has 8 heteroatoms. The molecule has 0 unspecified atom stereocenters. The predicted octanol–water partition coefficient (Wildman–Crippen LogP) is 3.19. The van der Waals surface area contributed by atoms with Gasteiger partial charge in [-0.25, -0.2) is 9.37 Å². The number of aromatic nitrogens is 2. The fraction of sp³-hybridized carbons (Fsp3) is 0.375. The number of halogens is 1. The average Bonchev–Trinajstić information content (AvgIpc) is 3.14. The van der Waals surface area contributed by atoms with Crippen molar-refractivity contribution in [2.45, 2.75) is 57.1 Å². The summed E-state index contributed by atoms with van der Waals surface area (Å²) < 4.78 is 16.3. The molecule has 3 N–H and O–H groups in total. The van der Waals surface area contributed by atoms with Crippen LogP contribution < -0.4 is 11.3 Å². The van der Waals surface area contributed by atoms with E-state index in [9.17, 15) is 19.1 Å². The minimum Gasteiger partial charge on any atom is -0.376 e. The average molecular weight is 452 g/mol. The second-order valence-corrected chi connectivity index (χ2v) is 9.91. The second-order valence-electron chi connectivity index (χ2n) is 8.96. The van der Waals surface area contributed by atoms with Gasteiger partial charge in [-0.05, 0) is 48.9 Å². The summed E-state index contributed by atoms with van der Waals surface area (Å²) in [5.41, 5.74) is 10.5. The molecular weight excluding hydrogens is 429 g/mol. The van der Waals surface area contributed by atoms with E-state index in [4.69, 9.17) is 10.7 Å². The predicted molar refractivity (Wildman–Crippen MR) is 121 cm³/mol. The van der Waals surface area contributed by atoms with E-state index in [-0.39, 0.29) is 34.7 Å². The zero-order valence-electron chi connectivity index (χ0n) is 17.8. The van der Waals surface area contributed by atoms with E-state index >= 15 is 0 Å². The van der Waals surface area contributed by atoms with Crippen molar-refractivity contribution in [1.29, 1.82) is 0 Å². The number of nitrogens with two attached hydrogens (primary N) is 1.